The first kappa shape index (κ1) is 18.7. The number of benzene rings is 3. The highest BCUT2D eigenvalue weighted by atomic mass is 16.6. The summed E-state index contributed by atoms with van der Waals surface area (Å²) in [5.74, 6) is -1.71. The van der Waals surface area contributed by atoms with Crippen LogP contribution in [-0.4, -0.2) is 32.1 Å². The summed E-state index contributed by atoms with van der Waals surface area (Å²) < 4.78 is 5.41. The van der Waals surface area contributed by atoms with Crippen molar-refractivity contribution >= 4 is 34.4 Å². The van der Waals surface area contributed by atoms with Crippen LogP contribution in [0.25, 0.3) is 22.2 Å². The summed E-state index contributed by atoms with van der Waals surface area (Å²) in [4.78, 5) is 34.5. The van der Waals surface area contributed by atoms with Crippen molar-refractivity contribution in [3.8, 4) is 11.5 Å². The van der Waals surface area contributed by atoms with Gasteiger partial charge in [0.15, 0.2) is 0 Å². The van der Waals surface area contributed by atoms with Gasteiger partial charge in [-0.25, -0.2) is 4.79 Å². The topological polar surface area (TPSA) is 148 Å². The molecule has 4 rings (SSSR count). The predicted octanol–water partition coefficient (Wildman–Crippen LogP) is 3.75. The van der Waals surface area contributed by atoms with E-state index in [-0.39, 0.29) is 28.7 Å². The van der Waals surface area contributed by atoms with Crippen molar-refractivity contribution in [2.75, 3.05) is 5.32 Å². The second-order valence-corrected chi connectivity index (χ2v) is 6.18. The molecular formula is C20H12N4O6. The monoisotopic (exact) mass is 404 g/mol. The third-order valence-electron chi connectivity index (χ3n) is 4.35. The van der Waals surface area contributed by atoms with Crippen LogP contribution in [0.3, 0.4) is 0 Å². The fourth-order valence-electron chi connectivity index (χ4n) is 2.99. The number of hydrogen-bond donors (Lipinski definition) is 2. The maximum atomic E-state index is 12.8. The van der Waals surface area contributed by atoms with E-state index in [0.717, 1.165) is 0 Å². The van der Waals surface area contributed by atoms with Gasteiger partial charge in [0.1, 0.15) is 0 Å². The van der Waals surface area contributed by atoms with Crippen molar-refractivity contribution < 1.29 is 24.0 Å². The number of aromatic nitrogens is 2. The van der Waals surface area contributed by atoms with E-state index in [1.165, 1.54) is 36.4 Å². The van der Waals surface area contributed by atoms with Gasteiger partial charge in [0, 0.05) is 28.6 Å². The van der Waals surface area contributed by atoms with Crippen LogP contribution in [-0.2, 0) is 0 Å². The Bertz CT molecular complexity index is 1290. The molecule has 10 heteroatoms. The predicted molar refractivity (Wildman–Crippen MR) is 105 cm³/mol. The Morgan fingerprint density at radius 3 is 2.27 bits per heavy atom. The number of nitrogens with zero attached hydrogens (tertiary/aromatic N) is 3. The minimum absolute atomic E-state index is 0.00431. The number of hydrogen-bond acceptors (Lipinski definition) is 7. The van der Waals surface area contributed by atoms with E-state index < -0.39 is 16.8 Å². The van der Waals surface area contributed by atoms with Crippen molar-refractivity contribution in [2.24, 2.45) is 0 Å². The third kappa shape index (κ3) is 3.44. The van der Waals surface area contributed by atoms with Crippen molar-refractivity contribution in [2.45, 2.75) is 0 Å². The number of non-ortho nitro benzene ring substituents is 1. The Labute approximate surface area is 167 Å². The van der Waals surface area contributed by atoms with Crippen LogP contribution in [0.5, 0.6) is 0 Å². The van der Waals surface area contributed by atoms with Crippen molar-refractivity contribution in [1.29, 1.82) is 0 Å². The van der Waals surface area contributed by atoms with Crippen LogP contribution in [0.2, 0.25) is 0 Å². The fraction of sp³-hybridized carbons (Fsp3) is 0. The fourth-order valence-corrected chi connectivity index (χ4v) is 2.99. The van der Waals surface area contributed by atoms with Crippen LogP contribution in [0.4, 0.5) is 11.7 Å². The molecule has 0 aliphatic heterocycles. The summed E-state index contributed by atoms with van der Waals surface area (Å²) >= 11 is 0. The van der Waals surface area contributed by atoms with Gasteiger partial charge < -0.3 is 9.52 Å². The second-order valence-electron chi connectivity index (χ2n) is 6.18. The lowest BCUT2D eigenvalue weighted by Gasteiger charge is -2.08. The first-order valence-electron chi connectivity index (χ1n) is 8.59. The average Bonchev–Trinajstić information content (AvgIpc) is 3.21. The lowest BCUT2D eigenvalue weighted by molar-refractivity contribution is -0.384. The maximum absolute atomic E-state index is 12.8. The summed E-state index contributed by atoms with van der Waals surface area (Å²) in [7, 11) is 0. The molecule has 0 aliphatic carbocycles. The molecule has 0 fully saturated rings. The van der Waals surface area contributed by atoms with Gasteiger partial charge in [-0.15, -0.1) is 5.10 Å². The number of fused-ring (bicyclic) bond motifs is 1. The molecule has 1 amide bonds. The van der Waals surface area contributed by atoms with Gasteiger partial charge in [-0.2, -0.15) is 0 Å². The Morgan fingerprint density at radius 2 is 1.63 bits per heavy atom. The zero-order chi connectivity index (χ0) is 21.3. The van der Waals surface area contributed by atoms with Crippen LogP contribution in [0.15, 0.2) is 65.1 Å². The van der Waals surface area contributed by atoms with Crippen LogP contribution in [0.1, 0.15) is 20.7 Å². The number of aromatic carboxylic acids is 1. The number of anilines is 1. The van der Waals surface area contributed by atoms with Gasteiger partial charge in [-0.05, 0) is 29.7 Å². The van der Waals surface area contributed by atoms with Gasteiger partial charge in [0.05, 0.1) is 10.5 Å². The normalized spacial score (nSPS) is 10.7. The number of nitrogens with one attached hydrogen (secondary N) is 1. The molecule has 0 saturated heterocycles. The Balaban J connectivity index is 1.63. The number of nitro benzene ring substituents is 1. The van der Waals surface area contributed by atoms with Gasteiger partial charge in [0.25, 0.3) is 11.6 Å². The van der Waals surface area contributed by atoms with Crippen molar-refractivity contribution in [1.82, 2.24) is 10.2 Å². The molecular weight excluding hydrogens is 392 g/mol. The molecule has 1 aromatic heterocycles. The van der Waals surface area contributed by atoms with E-state index >= 15 is 0 Å². The SMILES string of the molecule is O=C(O)c1cccc2cccc(C(=O)Nc3nnc(-c4ccc([N+](=O)[O-])cc4)o3)c12. The summed E-state index contributed by atoms with van der Waals surface area (Å²) in [5, 5.41) is 31.1. The summed E-state index contributed by atoms with van der Waals surface area (Å²) in [5.41, 5.74) is 0.486. The average molecular weight is 404 g/mol. The third-order valence-corrected chi connectivity index (χ3v) is 4.35. The van der Waals surface area contributed by atoms with E-state index in [2.05, 4.69) is 15.5 Å². The van der Waals surface area contributed by atoms with Gasteiger partial charge in [-0.3, -0.25) is 20.2 Å². The van der Waals surface area contributed by atoms with Crippen molar-refractivity contribution in [3.05, 3.63) is 81.9 Å². The zero-order valence-corrected chi connectivity index (χ0v) is 15.1. The first-order valence-corrected chi connectivity index (χ1v) is 8.59. The van der Waals surface area contributed by atoms with Crippen LogP contribution < -0.4 is 5.32 Å². The highest BCUT2D eigenvalue weighted by Crippen LogP contribution is 2.26. The minimum Gasteiger partial charge on any atom is -0.478 e. The molecule has 0 aliphatic rings. The lowest BCUT2D eigenvalue weighted by atomic mass is 9.99. The molecule has 1 heterocycles. The largest absolute Gasteiger partial charge is 0.478 e. The van der Waals surface area contributed by atoms with E-state index in [1.807, 2.05) is 0 Å². The Morgan fingerprint density at radius 1 is 0.967 bits per heavy atom. The van der Waals surface area contributed by atoms with Gasteiger partial charge in [-0.1, -0.05) is 29.4 Å². The molecule has 3 aromatic carbocycles. The zero-order valence-electron chi connectivity index (χ0n) is 15.1. The van der Waals surface area contributed by atoms with E-state index in [9.17, 15) is 24.8 Å². The minimum atomic E-state index is -1.15. The molecule has 10 nitrogen and oxygen atoms in total. The molecule has 0 saturated carbocycles. The molecule has 0 unspecified atom stereocenters. The number of carboxylic acid groups (broad SMARTS) is 1. The Kier molecular flexibility index (Phi) is 4.64. The molecule has 0 bridgehead atoms. The quantitative estimate of drug-likeness (QED) is 0.377. The number of carboxylic acids is 1. The van der Waals surface area contributed by atoms with Gasteiger partial charge >= 0.3 is 12.0 Å². The summed E-state index contributed by atoms with van der Waals surface area (Å²) in [6.45, 7) is 0. The second kappa shape index (κ2) is 7.43. The molecule has 2 N–H and O–H groups in total. The van der Waals surface area contributed by atoms with E-state index in [4.69, 9.17) is 4.42 Å². The maximum Gasteiger partial charge on any atom is 0.336 e. The number of amides is 1. The molecule has 4 aromatic rings. The first-order chi connectivity index (χ1) is 14.4. The van der Waals surface area contributed by atoms with Crippen LogP contribution in [0, 0.1) is 10.1 Å². The highest BCUT2D eigenvalue weighted by molar-refractivity contribution is 6.17. The number of carbonyl (C=O) groups excluding carboxylic acids is 1. The Hall–Kier alpha value is -4.60. The summed E-state index contributed by atoms with van der Waals surface area (Å²) in [6, 6.07) is 14.8. The van der Waals surface area contributed by atoms with Crippen LogP contribution >= 0.6 is 0 Å². The van der Waals surface area contributed by atoms with Gasteiger partial charge in [0.2, 0.25) is 5.89 Å². The molecule has 0 spiro atoms. The van der Waals surface area contributed by atoms with E-state index in [0.29, 0.717) is 16.3 Å². The standard InChI is InChI=1S/C20H12N4O6/c25-17(14-5-1-3-11-4-2-6-15(16(11)14)19(26)27)21-20-23-22-18(30-20)12-7-9-13(10-8-12)24(28)29/h1-10H,(H,26,27)(H,21,23,25). The molecule has 0 atom stereocenters. The molecule has 148 valence electrons. The molecule has 0 radical (unpaired) electrons. The van der Waals surface area contributed by atoms with E-state index in [1.54, 1.807) is 24.3 Å². The summed E-state index contributed by atoms with van der Waals surface area (Å²) in [6.07, 6.45) is 0. The molecule has 30 heavy (non-hydrogen) atoms. The van der Waals surface area contributed by atoms with Crippen molar-refractivity contribution in [3.63, 3.8) is 0 Å². The number of rotatable bonds is 5. The smallest absolute Gasteiger partial charge is 0.336 e. The lowest BCUT2D eigenvalue weighted by Crippen LogP contribution is -2.14. The number of nitro groups is 1. The highest BCUT2D eigenvalue weighted by Gasteiger charge is 2.19. The number of carbonyl (C=O) groups is 2.